The van der Waals surface area contributed by atoms with Crippen molar-refractivity contribution in [3.63, 3.8) is 0 Å². The minimum atomic E-state index is -0.174. The molecule has 0 N–H and O–H groups in total. The van der Waals surface area contributed by atoms with E-state index in [-0.39, 0.29) is 10.6 Å². The molecule has 0 aromatic heterocycles. The van der Waals surface area contributed by atoms with E-state index in [0.717, 1.165) is 5.56 Å². The van der Waals surface area contributed by atoms with Crippen LogP contribution in [0.1, 0.15) is 41.3 Å². The molecule has 0 spiro atoms. The Morgan fingerprint density at radius 1 is 0.889 bits per heavy atom. The zero-order valence-corrected chi connectivity index (χ0v) is 12.1. The van der Waals surface area contributed by atoms with Crippen molar-refractivity contribution in [1.82, 2.24) is 0 Å². The monoisotopic (exact) mass is 306 g/mol. The average molecular weight is 307 g/mol. The summed E-state index contributed by atoms with van der Waals surface area (Å²) >= 11 is 3.57. The first-order valence-electron chi connectivity index (χ1n) is 6.08. The van der Waals surface area contributed by atoms with E-state index in [1.165, 1.54) is 11.6 Å². The van der Waals surface area contributed by atoms with Gasteiger partial charge in [0.1, 0.15) is 5.82 Å². The second-order valence-electron chi connectivity index (χ2n) is 4.71. The molecule has 2 rings (SSSR count). The summed E-state index contributed by atoms with van der Waals surface area (Å²) in [4.78, 5) is -0.0973. The highest BCUT2D eigenvalue weighted by molar-refractivity contribution is 9.09. The molecule has 0 fully saturated rings. The quantitative estimate of drug-likeness (QED) is 0.663. The Balaban J connectivity index is 2.29. The van der Waals surface area contributed by atoms with E-state index in [9.17, 15) is 4.39 Å². The third kappa shape index (κ3) is 2.81. The minimum absolute atomic E-state index is 0.0973. The van der Waals surface area contributed by atoms with Crippen LogP contribution in [0.2, 0.25) is 0 Å². The largest absolute Gasteiger partial charge is 0.207 e. The number of hydrogen-bond donors (Lipinski definition) is 0. The van der Waals surface area contributed by atoms with Crippen molar-refractivity contribution in [2.24, 2.45) is 0 Å². The summed E-state index contributed by atoms with van der Waals surface area (Å²) in [6.07, 6.45) is 0. The summed E-state index contributed by atoms with van der Waals surface area (Å²) in [5.41, 5.74) is 3.05. The Labute approximate surface area is 116 Å². The molecule has 2 aromatic rings. The molecular weight excluding hydrogens is 291 g/mol. The van der Waals surface area contributed by atoms with Crippen LogP contribution in [0, 0.1) is 5.82 Å². The second-order valence-corrected chi connectivity index (χ2v) is 5.62. The predicted molar refractivity (Wildman–Crippen MR) is 77.7 cm³/mol. The van der Waals surface area contributed by atoms with Gasteiger partial charge in [-0.1, -0.05) is 72.2 Å². The van der Waals surface area contributed by atoms with Crippen LogP contribution >= 0.6 is 15.9 Å². The smallest absolute Gasteiger partial charge is 0.127 e. The van der Waals surface area contributed by atoms with Crippen LogP contribution < -0.4 is 0 Å². The van der Waals surface area contributed by atoms with Crippen LogP contribution in [-0.2, 0) is 0 Å². The highest BCUT2D eigenvalue weighted by atomic mass is 79.9. The number of halogens is 2. The van der Waals surface area contributed by atoms with Crippen LogP contribution in [0.25, 0.3) is 0 Å². The van der Waals surface area contributed by atoms with Gasteiger partial charge in [0.15, 0.2) is 0 Å². The molecule has 0 aliphatic rings. The van der Waals surface area contributed by atoms with Crippen molar-refractivity contribution in [2.45, 2.75) is 24.6 Å². The molecule has 0 heterocycles. The maximum Gasteiger partial charge on any atom is 0.127 e. The molecule has 2 heteroatoms. The predicted octanol–water partition coefficient (Wildman–Crippen LogP) is 5.43. The summed E-state index contributed by atoms with van der Waals surface area (Å²) in [5, 5.41) is 0. The van der Waals surface area contributed by atoms with Gasteiger partial charge in [0.25, 0.3) is 0 Å². The third-order valence-electron chi connectivity index (χ3n) is 3.07. The first-order chi connectivity index (χ1) is 8.59. The lowest BCUT2D eigenvalue weighted by atomic mass is 9.98. The zero-order valence-electron chi connectivity index (χ0n) is 10.5. The summed E-state index contributed by atoms with van der Waals surface area (Å²) < 4.78 is 13.7. The van der Waals surface area contributed by atoms with E-state index in [0.29, 0.717) is 11.5 Å². The number of alkyl halides is 1. The zero-order chi connectivity index (χ0) is 13.1. The van der Waals surface area contributed by atoms with Gasteiger partial charge in [-0.15, -0.1) is 0 Å². The molecule has 0 saturated carbocycles. The molecule has 2 aromatic carbocycles. The normalized spacial score (nSPS) is 12.7. The lowest BCUT2D eigenvalue weighted by Gasteiger charge is -2.13. The second kappa shape index (κ2) is 5.66. The molecule has 1 unspecified atom stereocenters. The van der Waals surface area contributed by atoms with Crippen molar-refractivity contribution < 1.29 is 4.39 Å². The van der Waals surface area contributed by atoms with E-state index in [1.54, 1.807) is 6.07 Å². The maximum atomic E-state index is 13.7. The van der Waals surface area contributed by atoms with Gasteiger partial charge in [0, 0.05) is 5.56 Å². The van der Waals surface area contributed by atoms with Crippen LogP contribution in [0.5, 0.6) is 0 Å². The highest BCUT2D eigenvalue weighted by Crippen LogP contribution is 2.32. The van der Waals surface area contributed by atoms with Gasteiger partial charge in [-0.25, -0.2) is 4.39 Å². The van der Waals surface area contributed by atoms with Gasteiger partial charge in [-0.2, -0.15) is 0 Å². The molecule has 18 heavy (non-hydrogen) atoms. The van der Waals surface area contributed by atoms with Crippen molar-refractivity contribution in [3.05, 3.63) is 71.0 Å². The summed E-state index contributed by atoms with van der Waals surface area (Å²) in [5.74, 6) is 0.341. The van der Waals surface area contributed by atoms with Gasteiger partial charge in [-0.05, 0) is 23.1 Å². The van der Waals surface area contributed by atoms with Crippen LogP contribution in [0.15, 0.2) is 48.5 Å². The third-order valence-corrected chi connectivity index (χ3v) is 4.10. The fraction of sp³-hybridized carbons (Fsp3) is 0.250. The van der Waals surface area contributed by atoms with E-state index >= 15 is 0 Å². The number of benzene rings is 2. The van der Waals surface area contributed by atoms with E-state index < -0.39 is 0 Å². The van der Waals surface area contributed by atoms with Crippen LogP contribution in [-0.4, -0.2) is 0 Å². The first-order valence-corrected chi connectivity index (χ1v) is 6.99. The fourth-order valence-electron chi connectivity index (χ4n) is 1.91. The molecule has 0 aliphatic heterocycles. The molecule has 0 aliphatic carbocycles. The SMILES string of the molecule is CC(C)c1ccc(C(Br)c2ccccc2F)cc1. The van der Waals surface area contributed by atoms with Crippen molar-refractivity contribution in [3.8, 4) is 0 Å². The average Bonchev–Trinajstić information content (AvgIpc) is 2.38. The molecule has 0 saturated heterocycles. The molecule has 94 valence electrons. The summed E-state index contributed by atoms with van der Waals surface area (Å²) in [6.45, 7) is 4.33. The molecule has 0 radical (unpaired) electrons. The molecule has 1 atom stereocenters. The topological polar surface area (TPSA) is 0 Å². The Hall–Kier alpha value is -1.15. The van der Waals surface area contributed by atoms with Crippen LogP contribution in [0.3, 0.4) is 0 Å². The standard InChI is InChI=1S/C16H16BrF/c1-11(2)12-7-9-13(10-8-12)16(17)14-5-3-4-6-15(14)18/h3-11,16H,1-2H3. The Morgan fingerprint density at radius 3 is 2.00 bits per heavy atom. The van der Waals surface area contributed by atoms with Gasteiger partial charge in [0.2, 0.25) is 0 Å². The van der Waals surface area contributed by atoms with Crippen molar-refractivity contribution >= 4 is 15.9 Å². The summed E-state index contributed by atoms with van der Waals surface area (Å²) in [7, 11) is 0. The van der Waals surface area contributed by atoms with Crippen molar-refractivity contribution in [2.75, 3.05) is 0 Å². The highest BCUT2D eigenvalue weighted by Gasteiger charge is 2.14. The first kappa shape index (κ1) is 13.3. The van der Waals surface area contributed by atoms with E-state index in [4.69, 9.17) is 0 Å². The Bertz CT molecular complexity index is 517. The summed E-state index contributed by atoms with van der Waals surface area (Å²) in [6, 6.07) is 15.2. The molecule has 0 amide bonds. The number of hydrogen-bond acceptors (Lipinski definition) is 0. The lowest BCUT2D eigenvalue weighted by molar-refractivity contribution is 0.613. The van der Waals surface area contributed by atoms with Crippen molar-refractivity contribution in [1.29, 1.82) is 0 Å². The minimum Gasteiger partial charge on any atom is -0.207 e. The Morgan fingerprint density at radius 2 is 1.44 bits per heavy atom. The molecule has 0 bridgehead atoms. The van der Waals surface area contributed by atoms with Gasteiger partial charge in [-0.3, -0.25) is 0 Å². The van der Waals surface area contributed by atoms with E-state index in [1.807, 2.05) is 12.1 Å². The fourth-order valence-corrected chi connectivity index (χ4v) is 2.59. The Kier molecular flexibility index (Phi) is 4.18. The van der Waals surface area contributed by atoms with E-state index in [2.05, 4.69) is 54.0 Å². The molecule has 0 nitrogen and oxygen atoms in total. The van der Waals surface area contributed by atoms with Gasteiger partial charge in [0.05, 0.1) is 4.83 Å². The van der Waals surface area contributed by atoms with Gasteiger partial charge < -0.3 is 0 Å². The molecular formula is C16H16BrF. The maximum absolute atomic E-state index is 13.7. The lowest BCUT2D eigenvalue weighted by Crippen LogP contribution is -1.97. The van der Waals surface area contributed by atoms with Crippen LogP contribution in [0.4, 0.5) is 4.39 Å². The van der Waals surface area contributed by atoms with Gasteiger partial charge >= 0.3 is 0 Å². The number of rotatable bonds is 3.